The van der Waals surface area contributed by atoms with Crippen molar-refractivity contribution in [2.45, 2.75) is 85.5 Å². The van der Waals surface area contributed by atoms with Crippen LogP contribution in [0.25, 0.3) is 0 Å². The van der Waals surface area contributed by atoms with Crippen molar-refractivity contribution in [2.24, 2.45) is 5.41 Å². The summed E-state index contributed by atoms with van der Waals surface area (Å²) in [4.78, 5) is 0. The van der Waals surface area contributed by atoms with E-state index in [1.54, 1.807) is 0 Å². The number of hydrogen-bond donors (Lipinski definition) is 0. The summed E-state index contributed by atoms with van der Waals surface area (Å²) in [6.07, 6.45) is 12.7. The van der Waals surface area contributed by atoms with Gasteiger partial charge < -0.3 is 0 Å². The van der Waals surface area contributed by atoms with Crippen LogP contribution in [0.15, 0.2) is 0 Å². The predicted molar refractivity (Wildman–Crippen MR) is 66.7 cm³/mol. The van der Waals surface area contributed by atoms with Crippen molar-refractivity contribution in [3.8, 4) is 0 Å². The van der Waals surface area contributed by atoms with Crippen LogP contribution >= 0.6 is 0 Å². The van der Waals surface area contributed by atoms with E-state index >= 15 is 0 Å². The van der Waals surface area contributed by atoms with Gasteiger partial charge >= 0.3 is 0 Å². The van der Waals surface area contributed by atoms with Crippen molar-refractivity contribution in [3.05, 3.63) is 0 Å². The summed E-state index contributed by atoms with van der Waals surface area (Å²) >= 11 is 0. The molecule has 14 heavy (non-hydrogen) atoms. The monoisotopic (exact) mass is 198 g/mol. The Hall–Kier alpha value is 0. The minimum Gasteiger partial charge on any atom is -0.0654 e. The number of rotatable bonds is 9. The molecule has 0 radical (unpaired) electrons. The largest absolute Gasteiger partial charge is 0.0654 e. The van der Waals surface area contributed by atoms with Gasteiger partial charge in [-0.25, -0.2) is 0 Å². The summed E-state index contributed by atoms with van der Waals surface area (Å²) in [7, 11) is 0. The van der Waals surface area contributed by atoms with E-state index in [4.69, 9.17) is 0 Å². The lowest BCUT2D eigenvalue weighted by molar-refractivity contribution is 0.187. The van der Waals surface area contributed by atoms with Gasteiger partial charge in [0.15, 0.2) is 0 Å². The van der Waals surface area contributed by atoms with Crippen LogP contribution in [-0.4, -0.2) is 0 Å². The molecule has 0 atom stereocenters. The predicted octanol–water partition coefficient (Wildman–Crippen LogP) is 5.56. The first-order valence-corrected chi connectivity index (χ1v) is 6.74. The summed E-state index contributed by atoms with van der Waals surface area (Å²) in [5.74, 6) is 0. The van der Waals surface area contributed by atoms with Gasteiger partial charge in [0.2, 0.25) is 0 Å². The molecule has 0 spiro atoms. The fourth-order valence-electron chi connectivity index (χ4n) is 2.89. The van der Waals surface area contributed by atoms with Gasteiger partial charge in [-0.05, 0) is 31.1 Å². The van der Waals surface area contributed by atoms with E-state index in [1.165, 1.54) is 57.8 Å². The molecule has 0 fully saturated rings. The second-order valence-corrected chi connectivity index (χ2v) is 4.85. The van der Waals surface area contributed by atoms with Crippen molar-refractivity contribution in [1.82, 2.24) is 0 Å². The molecule has 0 aromatic heterocycles. The van der Waals surface area contributed by atoms with Gasteiger partial charge in [0.05, 0.1) is 0 Å². The van der Waals surface area contributed by atoms with Gasteiger partial charge in [-0.15, -0.1) is 0 Å². The third-order valence-electron chi connectivity index (χ3n) is 3.40. The molecule has 86 valence electrons. The van der Waals surface area contributed by atoms with Gasteiger partial charge in [-0.3, -0.25) is 0 Å². The van der Waals surface area contributed by atoms with E-state index < -0.39 is 0 Å². The maximum Gasteiger partial charge on any atom is -0.0298 e. The molecule has 0 heteroatoms. The number of hydrogen-bond acceptors (Lipinski definition) is 0. The zero-order valence-electron chi connectivity index (χ0n) is 10.9. The quantitative estimate of drug-likeness (QED) is 0.455. The molecular formula is C14H30. The SMILES string of the molecule is CCCCC(CCC)(CCC)CCC. The third-order valence-corrected chi connectivity index (χ3v) is 3.40. The average Bonchev–Trinajstić information content (AvgIpc) is 2.16. The highest BCUT2D eigenvalue weighted by molar-refractivity contribution is 4.78. The second kappa shape index (κ2) is 8.32. The first-order chi connectivity index (χ1) is 6.74. The van der Waals surface area contributed by atoms with Gasteiger partial charge in [-0.2, -0.15) is 0 Å². The third kappa shape index (κ3) is 5.02. The topological polar surface area (TPSA) is 0 Å². The fraction of sp³-hybridized carbons (Fsp3) is 1.00. The Balaban J connectivity index is 4.21. The Morgan fingerprint density at radius 2 is 1.00 bits per heavy atom. The molecule has 0 N–H and O–H groups in total. The van der Waals surface area contributed by atoms with Crippen LogP contribution in [0.3, 0.4) is 0 Å². The van der Waals surface area contributed by atoms with Gasteiger partial charge in [-0.1, -0.05) is 59.8 Å². The van der Waals surface area contributed by atoms with Gasteiger partial charge in [0, 0.05) is 0 Å². The van der Waals surface area contributed by atoms with E-state index in [9.17, 15) is 0 Å². The van der Waals surface area contributed by atoms with Crippen LogP contribution in [-0.2, 0) is 0 Å². The lowest BCUT2D eigenvalue weighted by Crippen LogP contribution is -2.20. The highest BCUT2D eigenvalue weighted by Crippen LogP contribution is 2.39. The molecule has 0 aliphatic carbocycles. The van der Waals surface area contributed by atoms with E-state index in [0.717, 1.165) is 0 Å². The highest BCUT2D eigenvalue weighted by atomic mass is 14.3. The molecule has 0 nitrogen and oxygen atoms in total. The molecule has 0 aliphatic heterocycles. The molecule has 0 aromatic rings. The molecule has 0 aromatic carbocycles. The van der Waals surface area contributed by atoms with Gasteiger partial charge in [0.25, 0.3) is 0 Å². The summed E-state index contributed by atoms with van der Waals surface area (Å²) in [6.45, 7) is 9.33. The summed E-state index contributed by atoms with van der Waals surface area (Å²) in [6, 6.07) is 0. The lowest BCUT2D eigenvalue weighted by Gasteiger charge is -2.33. The highest BCUT2D eigenvalue weighted by Gasteiger charge is 2.26. The van der Waals surface area contributed by atoms with E-state index in [-0.39, 0.29) is 0 Å². The van der Waals surface area contributed by atoms with Crippen LogP contribution in [0.2, 0.25) is 0 Å². The summed E-state index contributed by atoms with van der Waals surface area (Å²) < 4.78 is 0. The second-order valence-electron chi connectivity index (χ2n) is 4.85. The molecule has 0 bridgehead atoms. The summed E-state index contributed by atoms with van der Waals surface area (Å²) in [5.41, 5.74) is 0.703. The Labute approximate surface area is 91.5 Å². The maximum absolute atomic E-state index is 2.34. The fourth-order valence-corrected chi connectivity index (χ4v) is 2.89. The molecule has 0 saturated carbocycles. The zero-order chi connectivity index (χ0) is 10.9. The molecule has 0 rings (SSSR count). The first-order valence-electron chi connectivity index (χ1n) is 6.74. The summed E-state index contributed by atoms with van der Waals surface area (Å²) in [5, 5.41) is 0. The molecular weight excluding hydrogens is 168 g/mol. The Kier molecular flexibility index (Phi) is 8.32. The van der Waals surface area contributed by atoms with Crippen molar-refractivity contribution in [2.75, 3.05) is 0 Å². The maximum atomic E-state index is 2.34. The molecule has 0 aliphatic rings. The normalized spacial score (nSPS) is 12.0. The van der Waals surface area contributed by atoms with E-state index in [1.807, 2.05) is 0 Å². The molecule has 0 heterocycles. The standard InChI is InChI=1S/C14H30/c1-5-9-13-14(10-6-2,11-7-3)12-8-4/h5-13H2,1-4H3. The minimum atomic E-state index is 0.703. The Bertz CT molecular complexity index is 98.2. The molecule has 0 amide bonds. The average molecular weight is 198 g/mol. The molecule has 0 unspecified atom stereocenters. The van der Waals surface area contributed by atoms with E-state index in [2.05, 4.69) is 27.7 Å². The van der Waals surface area contributed by atoms with Crippen molar-refractivity contribution in [1.29, 1.82) is 0 Å². The Morgan fingerprint density at radius 3 is 1.29 bits per heavy atom. The van der Waals surface area contributed by atoms with Crippen LogP contribution < -0.4 is 0 Å². The van der Waals surface area contributed by atoms with Crippen LogP contribution in [0.1, 0.15) is 85.5 Å². The van der Waals surface area contributed by atoms with Crippen LogP contribution in [0.5, 0.6) is 0 Å². The van der Waals surface area contributed by atoms with Crippen LogP contribution in [0, 0.1) is 5.41 Å². The van der Waals surface area contributed by atoms with Crippen molar-refractivity contribution < 1.29 is 0 Å². The van der Waals surface area contributed by atoms with Crippen molar-refractivity contribution in [3.63, 3.8) is 0 Å². The minimum absolute atomic E-state index is 0.703. The molecule has 0 saturated heterocycles. The van der Waals surface area contributed by atoms with Crippen molar-refractivity contribution >= 4 is 0 Å². The van der Waals surface area contributed by atoms with Gasteiger partial charge in [0.1, 0.15) is 0 Å². The van der Waals surface area contributed by atoms with Crippen LogP contribution in [0.4, 0.5) is 0 Å². The smallest absolute Gasteiger partial charge is 0.0298 e. The number of unbranched alkanes of at least 4 members (excludes halogenated alkanes) is 1. The lowest BCUT2D eigenvalue weighted by atomic mass is 9.72. The Morgan fingerprint density at radius 1 is 0.571 bits per heavy atom. The zero-order valence-corrected chi connectivity index (χ0v) is 10.9. The van der Waals surface area contributed by atoms with E-state index in [0.29, 0.717) is 5.41 Å². The first kappa shape index (κ1) is 14.0.